The Morgan fingerprint density at radius 2 is 1.86 bits per heavy atom. The number of rotatable bonds is 9. The maximum Gasteiger partial charge on any atom is 0.269 e. The molecule has 0 saturated carbocycles. The Morgan fingerprint density at radius 3 is 2.46 bits per heavy atom. The molecule has 28 heavy (non-hydrogen) atoms. The highest BCUT2D eigenvalue weighted by atomic mass is 32.2. The lowest BCUT2D eigenvalue weighted by molar-refractivity contribution is -0.384. The number of carbonyl (C=O) groups excluding carboxylic acids is 2. The van der Waals surface area contributed by atoms with Crippen LogP contribution in [0, 0.1) is 10.1 Å². The number of thioether (sulfide) groups is 1. The number of nitrogens with zero attached hydrogens (tertiary/aromatic N) is 2. The Kier molecular flexibility index (Phi) is 6.30. The topological polar surface area (TPSA) is 93.7 Å². The zero-order chi connectivity index (χ0) is 20.1. The quantitative estimate of drug-likeness (QED) is 0.268. The van der Waals surface area contributed by atoms with E-state index in [9.17, 15) is 19.7 Å². The molecule has 2 heterocycles. The van der Waals surface area contributed by atoms with Crippen LogP contribution in [0.25, 0.3) is 5.57 Å². The molecule has 1 aromatic carbocycles. The number of benzene rings is 1. The van der Waals surface area contributed by atoms with Crippen molar-refractivity contribution in [2.75, 3.05) is 6.54 Å². The Labute approximate surface area is 166 Å². The van der Waals surface area contributed by atoms with E-state index < -0.39 is 4.92 Å². The summed E-state index contributed by atoms with van der Waals surface area (Å²) in [6.07, 6.45) is 4.22. The maximum atomic E-state index is 13.0. The summed E-state index contributed by atoms with van der Waals surface area (Å²) in [7, 11) is 0. The van der Waals surface area contributed by atoms with Crippen LogP contribution < -0.4 is 0 Å². The Balaban J connectivity index is 1.91. The third-order valence-electron chi connectivity index (χ3n) is 4.42. The van der Waals surface area contributed by atoms with Gasteiger partial charge in [-0.15, -0.1) is 11.8 Å². The zero-order valence-corrected chi connectivity index (χ0v) is 16.2. The second kappa shape index (κ2) is 8.88. The van der Waals surface area contributed by atoms with Gasteiger partial charge in [0.25, 0.3) is 17.5 Å². The fourth-order valence-electron chi connectivity index (χ4n) is 2.95. The summed E-state index contributed by atoms with van der Waals surface area (Å²) in [4.78, 5) is 37.9. The van der Waals surface area contributed by atoms with Gasteiger partial charge in [-0.05, 0) is 36.2 Å². The van der Waals surface area contributed by atoms with Crippen molar-refractivity contribution in [1.29, 1.82) is 0 Å². The van der Waals surface area contributed by atoms with E-state index in [1.165, 1.54) is 40.9 Å². The first-order chi connectivity index (χ1) is 13.5. The van der Waals surface area contributed by atoms with Crippen LogP contribution in [-0.2, 0) is 15.3 Å². The molecule has 0 N–H and O–H groups in total. The second-order valence-electron chi connectivity index (χ2n) is 6.35. The van der Waals surface area contributed by atoms with E-state index in [1.807, 2.05) is 0 Å². The van der Waals surface area contributed by atoms with Crippen LogP contribution in [0.2, 0.25) is 0 Å². The van der Waals surface area contributed by atoms with Crippen LogP contribution >= 0.6 is 11.8 Å². The number of imide groups is 1. The molecule has 3 rings (SSSR count). The standard InChI is InChI=1S/C20H20N2O5S/c1-2-3-4-11-21-19(23)17(14-7-9-15(10-8-14)22(25)26)18(20(21)24)28-13-16-6-5-12-27-16/h5-10,12H,2-4,11,13H2,1H3. The van der Waals surface area contributed by atoms with Gasteiger partial charge in [-0.3, -0.25) is 24.6 Å². The zero-order valence-electron chi connectivity index (χ0n) is 15.4. The van der Waals surface area contributed by atoms with Crippen molar-refractivity contribution in [2.24, 2.45) is 0 Å². The Hall–Kier alpha value is -2.87. The molecular formula is C20H20N2O5S. The molecule has 0 atom stereocenters. The molecule has 0 fully saturated rings. The minimum atomic E-state index is -0.497. The molecule has 0 saturated heterocycles. The van der Waals surface area contributed by atoms with Crippen LogP contribution in [0.3, 0.4) is 0 Å². The first-order valence-electron chi connectivity index (χ1n) is 9.03. The maximum absolute atomic E-state index is 13.0. The molecule has 1 aliphatic rings. The van der Waals surface area contributed by atoms with Crippen molar-refractivity contribution < 1.29 is 18.9 Å². The van der Waals surface area contributed by atoms with Crippen molar-refractivity contribution in [3.63, 3.8) is 0 Å². The second-order valence-corrected chi connectivity index (χ2v) is 7.33. The molecule has 1 aliphatic heterocycles. The molecular weight excluding hydrogens is 380 g/mol. The largest absolute Gasteiger partial charge is 0.468 e. The van der Waals surface area contributed by atoms with Gasteiger partial charge in [0.05, 0.1) is 27.4 Å². The van der Waals surface area contributed by atoms with Gasteiger partial charge < -0.3 is 4.42 Å². The molecule has 0 radical (unpaired) electrons. The van der Waals surface area contributed by atoms with Crippen LogP contribution in [0.15, 0.2) is 52.0 Å². The van der Waals surface area contributed by atoms with Gasteiger partial charge in [0.2, 0.25) is 0 Å². The summed E-state index contributed by atoms with van der Waals surface area (Å²) >= 11 is 1.25. The lowest BCUT2D eigenvalue weighted by Gasteiger charge is -2.14. The van der Waals surface area contributed by atoms with Gasteiger partial charge in [0, 0.05) is 18.7 Å². The number of non-ortho nitro benzene ring substituents is 1. The summed E-state index contributed by atoms with van der Waals surface area (Å²) in [5, 5.41) is 10.9. The molecule has 0 bridgehead atoms. The van der Waals surface area contributed by atoms with Crippen LogP contribution in [0.1, 0.15) is 37.5 Å². The van der Waals surface area contributed by atoms with E-state index in [1.54, 1.807) is 18.4 Å². The number of amides is 2. The average molecular weight is 400 g/mol. The highest BCUT2D eigenvalue weighted by Gasteiger charge is 2.38. The molecule has 2 amide bonds. The molecule has 1 aromatic heterocycles. The Bertz CT molecular complexity index is 903. The van der Waals surface area contributed by atoms with Crippen molar-refractivity contribution in [3.8, 4) is 0 Å². The van der Waals surface area contributed by atoms with Crippen LogP contribution in [0.5, 0.6) is 0 Å². The smallest absolute Gasteiger partial charge is 0.269 e. The van der Waals surface area contributed by atoms with Gasteiger partial charge >= 0.3 is 0 Å². The molecule has 8 heteroatoms. The summed E-state index contributed by atoms with van der Waals surface area (Å²) in [5.74, 6) is 0.453. The van der Waals surface area contributed by atoms with Crippen molar-refractivity contribution in [3.05, 3.63) is 69.0 Å². The van der Waals surface area contributed by atoms with Crippen LogP contribution in [-0.4, -0.2) is 28.2 Å². The third kappa shape index (κ3) is 4.17. The molecule has 146 valence electrons. The van der Waals surface area contributed by atoms with E-state index in [2.05, 4.69) is 6.92 Å². The van der Waals surface area contributed by atoms with Gasteiger partial charge in [0.15, 0.2) is 0 Å². The first kappa shape index (κ1) is 19.9. The fourth-order valence-corrected chi connectivity index (χ4v) is 3.99. The molecule has 7 nitrogen and oxygen atoms in total. The number of hydrogen-bond donors (Lipinski definition) is 0. The van der Waals surface area contributed by atoms with Gasteiger partial charge in [0.1, 0.15) is 5.76 Å². The number of nitro benzene ring substituents is 1. The highest BCUT2D eigenvalue weighted by molar-refractivity contribution is 8.03. The van der Waals surface area contributed by atoms with Crippen LogP contribution in [0.4, 0.5) is 5.69 Å². The number of hydrogen-bond acceptors (Lipinski definition) is 6. The van der Waals surface area contributed by atoms with Gasteiger partial charge in [-0.1, -0.05) is 19.8 Å². The SMILES string of the molecule is CCCCCN1C(=O)C(SCc2ccco2)=C(c2ccc([N+](=O)[O-])cc2)C1=O. The van der Waals surface area contributed by atoms with E-state index in [0.717, 1.165) is 19.3 Å². The number of carbonyl (C=O) groups is 2. The van der Waals surface area contributed by atoms with E-state index >= 15 is 0 Å². The fraction of sp³-hybridized carbons (Fsp3) is 0.300. The van der Waals surface area contributed by atoms with E-state index in [4.69, 9.17) is 4.42 Å². The minimum absolute atomic E-state index is 0.0642. The summed E-state index contributed by atoms with van der Waals surface area (Å²) in [6.45, 7) is 2.42. The number of nitro groups is 1. The highest BCUT2D eigenvalue weighted by Crippen LogP contribution is 2.38. The number of unbranched alkanes of at least 4 members (excludes halogenated alkanes) is 2. The predicted octanol–water partition coefficient (Wildman–Crippen LogP) is 4.39. The third-order valence-corrected chi connectivity index (χ3v) is 5.51. The lowest BCUT2D eigenvalue weighted by atomic mass is 10.1. The number of furan rings is 1. The van der Waals surface area contributed by atoms with E-state index in [0.29, 0.717) is 34.1 Å². The summed E-state index contributed by atoms with van der Waals surface area (Å²) in [6, 6.07) is 9.28. The van der Waals surface area contributed by atoms with Crippen molar-refractivity contribution in [2.45, 2.75) is 31.9 Å². The predicted molar refractivity (Wildman–Crippen MR) is 106 cm³/mol. The normalized spacial score (nSPS) is 14.2. The summed E-state index contributed by atoms with van der Waals surface area (Å²) in [5.41, 5.74) is 0.738. The average Bonchev–Trinajstić information content (AvgIpc) is 3.28. The molecule has 2 aromatic rings. The minimum Gasteiger partial charge on any atom is -0.468 e. The molecule has 0 spiro atoms. The van der Waals surface area contributed by atoms with Crippen molar-refractivity contribution in [1.82, 2.24) is 4.90 Å². The molecule has 0 aliphatic carbocycles. The monoisotopic (exact) mass is 400 g/mol. The van der Waals surface area contributed by atoms with Gasteiger partial charge in [-0.2, -0.15) is 0 Å². The first-order valence-corrected chi connectivity index (χ1v) is 10.0. The van der Waals surface area contributed by atoms with Gasteiger partial charge in [-0.25, -0.2) is 0 Å². The van der Waals surface area contributed by atoms with Crippen molar-refractivity contribution >= 4 is 34.8 Å². The lowest BCUT2D eigenvalue weighted by Crippen LogP contribution is -2.32. The van der Waals surface area contributed by atoms with E-state index in [-0.39, 0.29) is 17.5 Å². The summed E-state index contributed by atoms with van der Waals surface area (Å²) < 4.78 is 5.32. The molecule has 0 unspecified atom stereocenters. The Morgan fingerprint density at radius 1 is 1.11 bits per heavy atom.